The maximum absolute atomic E-state index is 12.0. The fourth-order valence-electron chi connectivity index (χ4n) is 4.19. The van der Waals surface area contributed by atoms with Gasteiger partial charge in [0.25, 0.3) is 0 Å². The highest BCUT2D eigenvalue weighted by Crippen LogP contribution is 2.30. The first-order chi connectivity index (χ1) is 15.0. The molecule has 168 valence electrons. The molecule has 1 aliphatic heterocycles. The molecule has 5 heteroatoms. The number of aryl methyl sites for hydroxylation is 1. The first kappa shape index (κ1) is 23.1. The molecule has 1 saturated heterocycles. The summed E-state index contributed by atoms with van der Waals surface area (Å²) in [6.45, 7) is 7.20. The maximum atomic E-state index is 12.0. The van der Waals surface area contributed by atoms with Crippen LogP contribution >= 0.6 is 0 Å². The van der Waals surface area contributed by atoms with Crippen LogP contribution in [0.2, 0.25) is 0 Å². The van der Waals surface area contributed by atoms with Gasteiger partial charge in [-0.1, -0.05) is 32.0 Å². The highest BCUT2D eigenvalue weighted by atomic mass is 16.5. The molecule has 2 aromatic rings. The Kier molecular flexibility index (Phi) is 8.35. The van der Waals surface area contributed by atoms with Gasteiger partial charge in [0.15, 0.2) is 11.5 Å². The minimum atomic E-state index is -0.00843. The van der Waals surface area contributed by atoms with Crippen LogP contribution in [0.15, 0.2) is 42.5 Å². The summed E-state index contributed by atoms with van der Waals surface area (Å²) >= 11 is 0. The van der Waals surface area contributed by atoms with E-state index >= 15 is 0 Å². The van der Waals surface area contributed by atoms with Crippen LogP contribution in [0.25, 0.3) is 0 Å². The lowest BCUT2D eigenvalue weighted by Gasteiger charge is -2.32. The van der Waals surface area contributed by atoms with Crippen molar-refractivity contribution in [3.63, 3.8) is 0 Å². The molecule has 0 aliphatic carbocycles. The number of rotatable bonds is 9. The summed E-state index contributed by atoms with van der Waals surface area (Å²) < 4.78 is 10.7. The zero-order valence-electron chi connectivity index (χ0n) is 19.3. The summed E-state index contributed by atoms with van der Waals surface area (Å²) in [6, 6.07) is 14.6. The molecule has 0 spiro atoms. The largest absolute Gasteiger partial charge is 0.493 e. The number of carbonyl (C=O) groups excluding carboxylic acids is 1. The van der Waals surface area contributed by atoms with E-state index in [4.69, 9.17) is 9.47 Å². The third kappa shape index (κ3) is 6.47. The maximum Gasteiger partial charge on any atom is 0.226 e. The molecule has 0 bridgehead atoms. The summed E-state index contributed by atoms with van der Waals surface area (Å²) in [6.07, 6.45) is 4.50. The summed E-state index contributed by atoms with van der Waals surface area (Å²) in [5.41, 5.74) is 3.54. The van der Waals surface area contributed by atoms with Gasteiger partial charge < -0.3 is 19.7 Å². The number of likely N-dealkylation sites (tertiary alicyclic amines) is 1. The van der Waals surface area contributed by atoms with Gasteiger partial charge in [-0.25, -0.2) is 0 Å². The van der Waals surface area contributed by atoms with Crippen molar-refractivity contribution < 1.29 is 14.3 Å². The predicted octanol–water partition coefficient (Wildman–Crippen LogP) is 5.11. The van der Waals surface area contributed by atoms with E-state index in [1.165, 1.54) is 11.1 Å². The van der Waals surface area contributed by atoms with E-state index in [1.807, 2.05) is 26.0 Å². The fourth-order valence-corrected chi connectivity index (χ4v) is 4.19. The standard InChI is InChI=1S/C26H36N2O3/c1-19(2)26(29)27-23-9-5-8-22(18-23)21-12-15-28(16-13-21)14-6-7-20-10-11-24(30-3)25(17-20)31-4/h5,8-11,17-19,21H,6-7,12-16H2,1-4H3,(H,27,29). The van der Waals surface area contributed by atoms with Crippen LogP contribution in [0.1, 0.15) is 50.2 Å². The minimum absolute atomic E-state index is 0.00843. The van der Waals surface area contributed by atoms with Gasteiger partial charge in [-0.2, -0.15) is 0 Å². The van der Waals surface area contributed by atoms with E-state index in [0.717, 1.165) is 62.5 Å². The number of hydrogen-bond donors (Lipinski definition) is 1. The lowest BCUT2D eigenvalue weighted by molar-refractivity contribution is -0.118. The normalized spacial score (nSPS) is 15.1. The van der Waals surface area contributed by atoms with Crippen molar-refractivity contribution in [3.05, 3.63) is 53.6 Å². The zero-order valence-corrected chi connectivity index (χ0v) is 19.3. The molecule has 3 rings (SSSR count). The molecule has 1 aliphatic rings. The first-order valence-electron chi connectivity index (χ1n) is 11.3. The number of ether oxygens (including phenoxy) is 2. The second-order valence-electron chi connectivity index (χ2n) is 8.68. The van der Waals surface area contributed by atoms with Gasteiger partial charge in [-0.05, 0) is 86.6 Å². The second-order valence-corrected chi connectivity index (χ2v) is 8.68. The lowest BCUT2D eigenvalue weighted by Crippen LogP contribution is -2.33. The summed E-state index contributed by atoms with van der Waals surface area (Å²) in [5, 5.41) is 3.02. The third-order valence-electron chi connectivity index (χ3n) is 6.13. The highest BCUT2D eigenvalue weighted by Gasteiger charge is 2.21. The van der Waals surface area contributed by atoms with E-state index in [0.29, 0.717) is 5.92 Å². The van der Waals surface area contributed by atoms with Crippen molar-refractivity contribution in [2.45, 2.75) is 45.4 Å². The van der Waals surface area contributed by atoms with Crippen molar-refractivity contribution in [2.24, 2.45) is 5.92 Å². The molecule has 0 radical (unpaired) electrons. The molecule has 0 unspecified atom stereocenters. The average molecular weight is 425 g/mol. The van der Waals surface area contributed by atoms with E-state index in [9.17, 15) is 4.79 Å². The number of benzene rings is 2. The molecule has 2 aromatic carbocycles. The SMILES string of the molecule is COc1ccc(CCCN2CCC(c3cccc(NC(=O)C(C)C)c3)CC2)cc1OC. The molecule has 1 amide bonds. The first-order valence-corrected chi connectivity index (χ1v) is 11.3. The van der Waals surface area contributed by atoms with Crippen molar-refractivity contribution in [3.8, 4) is 11.5 Å². The molecule has 0 atom stereocenters. The van der Waals surface area contributed by atoms with E-state index in [-0.39, 0.29) is 11.8 Å². The second kappa shape index (κ2) is 11.2. The zero-order chi connectivity index (χ0) is 22.2. The highest BCUT2D eigenvalue weighted by molar-refractivity contribution is 5.92. The molecule has 1 fully saturated rings. The van der Waals surface area contributed by atoms with Gasteiger partial charge in [-0.15, -0.1) is 0 Å². The predicted molar refractivity (Wildman–Crippen MR) is 126 cm³/mol. The third-order valence-corrected chi connectivity index (χ3v) is 6.13. The van der Waals surface area contributed by atoms with Gasteiger partial charge in [0, 0.05) is 11.6 Å². The quantitative estimate of drug-likeness (QED) is 0.608. The van der Waals surface area contributed by atoms with Crippen molar-refractivity contribution in [1.82, 2.24) is 4.90 Å². The van der Waals surface area contributed by atoms with Crippen LogP contribution in [0.5, 0.6) is 11.5 Å². The van der Waals surface area contributed by atoms with Gasteiger partial charge in [0.05, 0.1) is 14.2 Å². The topological polar surface area (TPSA) is 50.8 Å². The Morgan fingerprint density at radius 3 is 2.48 bits per heavy atom. The number of hydrogen-bond acceptors (Lipinski definition) is 4. The molecule has 5 nitrogen and oxygen atoms in total. The Hall–Kier alpha value is -2.53. The number of methoxy groups -OCH3 is 2. The average Bonchev–Trinajstić information content (AvgIpc) is 2.79. The lowest BCUT2D eigenvalue weighted by atomic mass is 9.89. The Bertz CT molecular complexity index is 857. The molecule has 0 saturated carbocycles. The Labute approximate surface area is 186 Å². The fraction of sp³-hybridized carbons (Fsp3) is 0.500. The summed E-state index contributed by atoms with van der Waals surface area (Å²) in [4.78, 5) is 14.6. The number of nitrogens with one attached hydrogen (secondary N) is 1. The molecular formula is C26H36N2O3. The Balaban J connectivity index is 1.45. The van der Waals surface area contributed by atoms with Crippen molar-refractivity contribution >= 4 is 11.6 Å². The smallest absolute Gasteiger partial charge is 0.226 e. The molecule has 31 heavy (non-hydrogen) atoms. The minimum Gasteiger partial charge on any atom is -0.493 e. The number of anilines is 1. The van der Waals surface area contributed by atoms with Crippen LogP contribution in [-0.2, 0) is 11.2 Å². The number of piperidine rings is 1. The van der Waals surface area contributed by atoms with Gasteiger partial charge in [-0.3, -0.25) is 4.79 Å². The molecule has 1 heterocycles. The number of nitrogens with zero attached hydrogens (tertiary/aromatic N) is 1. The van der Waals surface area contributed by atoms with Crippen molar-refractivity contribution in [1.29, 1.82) is 0 Å². The molecule has 1 N–H and O–H groups in total. The van der Waals surface area contributed by atoms with Crippen LogP contribution in [-0.4, -0.2) is 44.7 Å². The van der Waals surface area contributed by atoms with Gasteiger partial charge in [0.2, 0.25) is 5.91 Å². The van der Waals surface area contributed by atoms with Gasteiger partial charge in [0.1, 0.15) is 0 Å². The van der Waals surface area contributed by atoms with E-state index in [2.05, 4.69) is 40.5 Å². The molecular weight excluding hydrogens is 388 g/mol. The summed E-state index contributed by atoms with van der Waals surface area (Å²) in [5.74, 6) is 2.21. The Morgan fingerprint density at radius 1 is 1.06 bits per heavy atom. The van der Waals surface area contributed by atoms with Crippen LogP contribution in [0.3, 0.4) is 0 Å². The Morgan fingerprint density at radius 2 is 1.81 bits per heavy atom. The number of carbonyl (C=O) groups is 1. The number of amides is 1. The summed E-state index contributed by atoms with van der Waals surface area (Å²) in [7, 11) is 3.35. The van der Waals surface area contributed by atoms with Crippen LogP contribution in [0.4, 0.5) is 5.69 Å². The van der Waals surface area contributed by atoms with E-state index in [1.54, 1.807) is 14.2 Å². The van der Waals surface area contributed by atoms with Crippen LogP contribution in [0, 0.1) is 5.92 Å². The molecule has 0 aromatic heterocycles. The van der Waals surface area contributed by atoms with Gasteiger partial charge >= 0.3 is 0 Å². The van der Waals surface area contributed by atoms with E-state index < -0.39 is 0 Å². The van der Waals surface area contributed by atoms with Crippen LogP contribution < -0.4 is 14.8 Å². The monoisotopic (exact) mass is 424 g/mol. The van der Waals surface area contributed by atoms with Crippen molar-refractivity contribution in [2.75, 3.05) is 39.2 Å².